The van der Waals surface area contributed by atoms with Crippen molar-refractivity contribution >= 4 is 17.6 Å². The summed E-state index contributed by atoms with van der Waals surface area (Å²) in [5.74, 6) is -0.484. The monoisotopic (exact) mass is 305 g/mol. The van der Waals surface area contributed by atoms with E-state index in [0.717, 1.165) is 5.56 Å². The van der Waals surface area contributed by atoms with Crippen LogP contribution in [0, 0.1) is 5.82 Å². The number of aromatic nitrogens is 3. The maximum Gasteiger partial charge on any atom is 0.243 e. The molecule has 22 heavy (non-hydrogen) atoms. The molecular formula is C14H16FN5O2. The number of carbonyl (C=O) groups excluding carboxylic acids is 2. The fourth-order valence-corrected chi connectivity index (χ4v) is 1.79. The van der Waals surface area contributed by atoms with Crippen molar-refractivity contribution in [3.8, 4) is 0 Å². The molecular weight excluding hydrogens is 289 g/mol. The average molecular weight is 305 g/mol. The molecule has 0 bridgehead atoms. The van der Waals surface area contributed by atoms with Crippen molar-refractivity contribution in [2.24, 2.45) is 0 Å². The van der Waals surface area contributed by atoms with Gasteiger partial charge in [0.05, 0.1) is 6.20 Å². The number of nitrogens with zero attached hydrogens (tertiary/aromatic N) is 3. The summed E-state index contributed by atoms with van der Waals surface area (Å²) in [5.41, 5.74) is 0.937. The molecule has 2 amide bonds. The Bertz CT molecular complexity index is 654. The number of nitrogens with one attached hydrogen (secondary N) is 2. The SMILES string of the molecule is CC(=O)Nc1cnn(CC(=O)NCCc2ccc(F)cc2)n1. The van der Waals surface area contributed by atoms with Crippen LogP contribution in [0.3, 0.4) is 0 Å². The summed E-state index contributed by atoms with van der Waals surface area (Å²) in [4.78, 5) is 23.8. The minimum absolute atomic E-state index is 0.0387. The number of carbonyl (C=O) groups is 2. The van der Waals surface area contributed by atoms with Gasteiger partial charge in [-0.05, 0) is 24.1 Å². The normalized spacial score (nSPS) is 10.3. The summed E-state index contributed by atoms with van der Waals surface area (Å²) in [7, 11) is 0. The van der Waals surface area contributed by atoms with Crippen LogP contribution in [0.2, 0.25) is 0 Å². The van der Waals surface area contributed by atoms with E-state index in [2.05, 4.69) is 20.8 Å². The number of anilines is 1. The van der Waals surface area contributed by atoms with E-state index >= 15 is 0 Å². The third-order valence-corrected chi connectivity index (χ3v) is 2.77. The standard InChI is InChI=1S/C14H16FN5O2/c1-10(21)18-13-8-17-20(19-13)9-14(22)16-7-6-11-2-4-12(15)5-3-11/h2-5,8H,6-7,9H2,1H3,(H,16,22)(H,18,19,21). The molecule has 0 saturated carbocycles. The van der Waals surface area contributed by atoms with Crippen molar-refractivity contribution in [2.45, 2.75) is 19.9 Å². The van der Waals surface area contributed by atoms with Gasteiger partial charge in [0, 0.05) is 13.5 Å². The molecule has 0 unspecified atom stereocenters. The topological polar surface area (TPSA) is 88.9 Å². The zero-order chi connectivity index (χ0) is 15.9. The van der Waals surface area contributed by atoms with Crippen molar-refractivity contribution in [3.63, 3.8) is 0 Å². The van der Waals surface area contributed by atoms with Crippen LogP contribution in [-0.4, -0.2) is 33.4 Å². The largest absolute Gasteiger partial charge is 0.354 e. The minimum Gasteiger partial charge on any atom is -0.354 e. The van der Waals surface area contributed by atoms with Crippen LogP contribution in [0.4, 0.5) is 10.2 Å². The van der Waals surface area contributed by atoms with Gasteiger partial charge in [-0.2, -0.15) is 9.90 Å². The average Bonchev–Trinajstić information content (AvgIpc) is 2.87. The highest BCUT2D eigenvalue weighted by molar-refractivity contribution is 5.87. The van der Waals surface area contributed by atoms with E-state index < -0.39 is 0 Å². The summed E-state index contributed by atoms with van der Waals surface area (Å²) in [5, 5.41) is 13.0. The van der Waals surface area contributed by atoms with E-state index in [0.29, 0.717) is 18.8 Å². The molecule has 0 spiro atoms. The smallest absolute Gasteiger partial charge is 0.243 e. The molecule has 0 saturated heterocycles. The Kier molecular flexibility index (Phi) is 5.18. The molecule has 2 rings (SSSR count). The molecule has 0 aliphatic rings. The number of amides is 2. The molecule has 2 N–H and O–H groups in total. The van der Waals surface area contributed by atoms with Crippen LogP contribution in [0.15, 0.2) is 30.5 Å². The van der Waals surface area contributed by atoms with Crippen molar-refractivity contribution in [3.05, 3.63) is 41.8 Å². The highest BCUT2D eigenvalue weighted by Crippen LogP contribution is 2.02. The third kappa shape index (κ3) is 4.97. The van der Waals surface area contributed by atoms with Gasteiger partial charge >= 0.3 is 0 Å². The predicted molar refractivity (Wildman–Crippen MR) is 77.4 cm³/mol. The Balaban J connectivity index is 1.74. The van der Waals surface area contributed by atoms with Crippen molar-refractivity contribution < 1.29 is 14.0 Å². The number of rotatable bonds is 6. The molecule has 0 aliphatic carbocycles. The molecule has 2 aromatic rings. The highest BCUT2D eigenvalue weighted by Gasteiger charge is 2.06. The van der Waals surface area contributed by atoms with E-state index in [1.165, 1.54) is 30.0 Å². The van der Waals surface area contributed by atoms with Gasteiger partial charge in [0.2, 0.25) is 11.8 Å². The van der Waals surface area contributed by atoms with Gasteiger partial charge in [0.15, 0.2) is 5.82 Å². The van der Waals surface area contributed by atoms with Crippen LogP contribution in [-0.2, 0) is 22.6 Å². The molecule has 1 aromatic heterocycles. The Labute approximate surface area is 126 Å². The second-order valence-electron chi connectivity index (χ2n) is 4.67. The lowest BCUT2D eigenvalue weighted by Gasteiger charge is -2.05. The van der Waals surface area contributed by atoms with Gasteiger partial charge in [0.1, 0.15) is 12.4 Å². The molecule has 0 atom stereocenters. The second-order valence-corrected chi connectivity index (χ2v) is 4.67. The van der Waals surface area contributed by atoms with E-state index in [4.69, 9.17) is 0 Å². The molecule has 8 heteroatoms. The van der Waals surface area contributed by atoms with Gasteiger partial charge in [-0.25, -0.2) is 4.39 Å². The first-order chi connectivity index (χ1) is 10.5. The van der Waals surface area contributed by atoms with Crippen molar-refractivity contribution in [2.75, 3.05) is 11.9 Å². The Hall–Kier alpha value is -2.77. The number of halogens is 1. The molecule has 1 heterocycles. The first kappa shape index (κ1) is 15.6. The van der Waals surface area contributed by atoms with E-state index in [9.17, 15) is 14.0 Å². The zero-order valence-electron chi connectivity index (χ0n) is 12.0. The highest BCUT2D eigenvalue weighted by atomic mass is 19.1. The fourth-order valence-electron chi connectivity index (χ4n) is 1.79. The minimum atomic E-state index is -0.285. The van der Waals surface area contributed by atoms with Gasteiger partial charge in [-0.15, -0.1) is 5.10 Å². The quantitative estimate of drug-likeness (QED) is 0.823. The first-order valence-corrected chi connectivity index (χ1v) is 6.72. The summed E-state index contributed by atoms with van der Waals surface area (Å²) in [6.45, 7) is 1.76. The second kappa shape index (κ2) is 7.30. The number of benzene rings is 1. The first-order valence-electron chi connectivity index (χ1n) is 6.72. The summed E-state index contributed by atoms with van der Waals surface area (Å²) < 4.78 is 12.7. The lowest BCUT2D eigenvalue weighted by atomic mass is 10.1. The van der Waals surface area contributed by atoms with Gasteiger partial charge in [0.25, 0.3) is 0 Å². The maximum atomic E-state index is 12.7. The van der Waals surface area contributed by atoms with E-state index in [1.807, 2.05) is 0 Å². The van der Waals surface area contributed by atoms with Crippen LogP contribution >= 0.6 is 0 Å². The van der Waals surface area contributed by atoms with Crippen LogP contribution in [0.25, 0.3) is 0 Å². The van der Waals surface area contributed by atoms with Crippen molar-refractivity contribution in [1.82, 2.24) is 20.3 Å². The lowest BCUT2D eigenvalue weighted by molar-refractivity contribution is -0.122. The molecule has 0 aliphatic heterocycles. The molecule has 7 nitrogen and oxygen atoms in total. The summed E-state index contributed by atoms with van der Waals surface area (Å²) >= 11 is 0. The maximum absolute atomic E-state index is 12.7. The number of hydrogen-bond acceptors (Lipinski definition) is 4. The zero-order valence-corrected chi connectivity index (χ0v) is 12.0. The Morgan fingerprint density at radius 1 is 1.27 bits per heavy atom. The summed E-state index contributed by atoms with van der Waals surface area (Å²) in [6, 6.07) is 6.12. The Morgan fingerprint density at radius 3 is 2.68 bits per heavy atom. The fraction of sp³-hybridized carbons (Fsp3) is 0.286. The summed E-state index contributed by atoms with van der Waals surface area (Å²) in [6.07, 6.45) is 1.98. The van der Waals surface area contributed by atoms with Crippen LogP contribution < -0.4 is 10.6 Å². The van der Waals surface area contributed by atoms with E-state index in [-0.39, 0.29) is 24.2 Å². The van der Waals surface area contributed by atoms with E-state index in [1.54, 1.807) is 12.1 Å². The Morgan fingerprint density at radius 2 is 2.00 bits per heavy atom. The molecule has 1 aromatic carbocycles. The molecule has 0 radical (unpaired) electrons. The third-order valence-electron chi connectivity index (χ3n) is 2.77. The van der Waals surface area contributed by atoms with Crippen LogP contribution in [0.1, 0.15) is 12.5 Å². The van der Waals surface area contributed by atoms with Gasteiger partial charge in [-0.3, -0.25) is 9.59 Å². The van der Waals surface area contributed by atoms with Gasteiger partial charge < -0.3 is 10.6 Å². The lowest BCUT2D eigenvalue weighted by Crippen LogP contribution is -2.30. The number of hydrogen-bond donors (Lipinski definition) is 2. The van der Waals surface area contributed by atoms with Gasteiger partial charge in [-0.1, -0.05) is 12.1 Å². The molecule has 116 valence electrons. The van der Waals surface area contributed by atoms with Crippen molar-refractivity contribution in [1.29, 1.82) is 0 Å². The molecule has 0 fully saturated rings. The predicted octanol–water partition coefficient (Wildman–Crippen LogP) is 0.734. The van der Waals surface area contributed by atoms with Crippen LogP contribution in [0.5, 0.6) is 0 Å².